The van der Waals surface area contributed by atoms with Crippen LogP contribution in [-0.2, 0) is 57.1 Å². The molecule has 222 valence electrons. The summed E-state index contributed by atoms with van der Waals surface area (Å²) in [5, 5.41) is 10.9. The SMILES string of the molecule is CC(=O)OC[C@H]1O[C@@H](O[C@H]2C(=O)C=CO[C@H]2/C=C/c2ccc([N+](=O)[O-])o2)[C@H](OC(C)=O)[C@@H](OC(C)=O)[C@@H]1OC(C)=O. The van der Waals surface area contributed by atoms with E-state index in [1.54, 1.807) is 0 Å². The van der Waals surface area contributed by atoms with Crippen molar-refractivity contribution in [2.45, 2.75) is 70.6 Å². The molecule has 2 aliphatic rings. The van der Waals surface area contributed by atoms with Crippen molar-refractivity contribution in [3.05, 3.63) is 46.4 Å². The summed E-state index contributed by atoms with van der Waals surface area (Å²) >= 11 is 0. The Balaban J connectivity index is 1.95. The molecule has 16 heteroatoms. The summed E-state index contributed by atoms with van der Waals surface area (Å²) in [5.74, 6) is -4.25. The summed E-state index contributed by atoms with van der Waals surface area (Å²) in [6.45, 7) is 3.82. The Hall–Kier alpha value is -4.57. The molecule has 16 nitrogen and oxygen atoms in total. The van der Waals surface area contributed by atoms with E-state index in [1.807, 2.05) is 0 Å². The third-order valence-corrected chi connectivity index (χ3v) is 5.52. The first-order chi connectivity index (χ1) is 19.3. The van der Waals surface area contributed by atoms with Crippen molar-refractivity contribution in [1.82, 2.24) is 0 Å². The van der Waals surface area contributed by atoms with Gasteiger partial charge in [0, 0.05) is 33.8 Å². The molecule has 0 N–H and O–H groups in total. The number of carbonyl (C=O) groups excluding carboxylic acids is 5. The maximum Gasteiger partial charge on any atom is 0.433 e. The molecule has 1 aromatic rings. The van der Waals surface area contributed by atoms with Gasteiger partial charge in [0.1, 0.15) is 23.4 Å². The minimum atomic E-state index is -1.64. The Morgan fingerprint density at radius 3 is 2.17 bits per heavy atom. The van der Waals surface area contributed by atoms with Crippen LogP contribution in [0.1, 0.15) is 33.5 Å². The highest BCUT2D eigenvalue weighted by atomic mass is 16.7. The van der Waals surface area contributed by atoms with Crippen LogP contribution in [0.2, 0.25) is 0 Å². The minimum Gasteiger partial charge on any atom is -0.491 e. The Labute approximate surface area is 232 Å². The number of nitro groups is 1. The van der Waals surface area contributed by atoms with Gasteiger partial charge < -0.3 is 37.6 Å². The van der Waals surface area contributed by atoms with Crippen LogP contribution in [0.5, 0.6) is 0 Å². The first-order valence-electron chi connectivity index (χ1n) is 12.1. The highest BCUT2D eigenvalue weighted by Gasteiger charge is 2.54. The predicted molar refractivity (Wildman–Crippen MR) is 130 cm³/mol. The van der Waals surface area contributed by atoms with E-state index in [0.717, 1.165) is 46.1 Å². The number of hydrogen-bond acceptors (Lipinski definition) is 15. The minimum absolute atomic E-state index is 0.0772. The number of carbonyl (C=O) groups is 5. The summed E-state index contributed by atoms with van der Waals surface area (Å²) in [6, 6.07) is 2.46. The Bertz CT molecular complexity index is 1230. The second-order valence-corrected chi connectivity index (χ2v) is 8.72. The zero-order valence-corrected chi connectivity index (χ0v) is 22.3. The largest absolute Gasteiger partial charge is 0.491 e. The average molecular weight is 581 g/mol. The Kier molecular flexibility index (Phi) is 10.3. The van der Waals surface area contributed by atoms with Crippen LogP contribution < -0.4 is 0 Å². The average Bonchev–Trinajstić information content (AvgIpc) is 3.35. The summed E-state index contributed by atoms with van der Waals surface area (Å²) in [6.07, 6.45) is -5.18. The molecule has 3 heterocycles. The van der Waals surface area contributed by atoms with Crippen LogP contribution >= 0.6 is 0 Å². The first-order valence-corrected chi connectivity index (χ1v) is 12.1. The maximum absolute atomic E-state index is 12.9. The molecule has 0 aromatic carbocycles. The number of furan rings is 1. The van der Waals surface area contributed by atoms with Gasteiger partial charge in [-0.1, -0.05) is 0 Å². The molecule has 41 heavy (non-hydrogen) atoms. The molecule has 0 unspecified atom stereocenters. The standard InChI is InChI=1S/C25H27NO15/c1-12(27)35-11-19-22(36-13(2)28)23(37-14(3)29)24(38-15(4)30)25(40-19)41-21-17(31)9-10-34-18(21)7-5-16-6-8-20(39-16)26(32)33/h5-10,18-19,21-25H,11H2,1-4H3/b7-5+/t18-,19+,21-,22+,23-,24+,25-/m0/s1. The smallest absolute Gasteiger partial charge is 0.433 e. The summed E-state index contributed by atoms with van der Waals surface area (Å²) in [4.78, 5) is 70.4. The second-order valence-electron chi connectivity index (χ2n) is 8.72. The second kappa shape index (κ2) is 13.7. The molecule has 1 saturated heterocycles. The van der Waals surface area contributed by atoms with Gasteiger partial charge in [-0.05, 0) is 18.2 Å². The molecule has 0 saturated carbocycles. The third kappa shape index (κ3) is 8.46. The summed E-state index contributed by atoms with van der Waals surface area (Å²) in [7, 11) is 0. The molecule has 0 bridgehead atoms. The van der Waals surface area contributed by atoms with Gasteiger partial charge in [0.25, 0.3) is 0 Å². The van der Waals surface area contributed by atoms with Crippen LogP contribution in [-0.4, -0.2) is 84.1 Å². The van der Waals surface area contributed by atoms with E-state index in [9.17, 15) is 34.1 Å². The molecule has 0 spiro atoms. The van der Waals surface area contributed by atoms with Gasteiger partial charge in [-0.25, -0.2) is 0 Å². The van der Waals surface area contributed by atoms with Crippen molar-refractivity contribution in [3.8, 4) is 0 Å². The van der Waals surface area contributed by atoms with E-state index < -0.39 is 90.0 Å². The van der Waals surface area contributed by atoms with Crippen molar-refractivity contribution in [3.63, 3.8) is 0 Å². The van der Waals surface area contributed by atoms with Crippen molar-refractivity contribution in [2.75, 3.05) is 6.61 Å². The maximum atomic E-state index is 12.9. The van der Waals surface area contributed by atoms with E-state index in [2.05, 4.69) is 0 Å². The van der Waals surface area contributed by atoms with Crippen LogP contribution in [0, 0.1) is 10.1 Å². The lowest BCUT2D eigenvalue weighted by Gasteiger charge is -2.45. The lowest BCUT2D eigenvalue weighted by atomic mass is 9.97. The van der Waals surface area contributed by atoms with Gasteiger partial charge >= 0.3 is 29.8 Å². The summed E-state index contributed by atoms with van der Waals surface area (Å²) in [5.41, 5.74) is 0. The van der Waals surface area contributed by atoms with Gasteiger partial charge in [-0.3, -0.25) is 34.1 Å². The van der Waals surface area contributed by atoms with E-state index in [0.29, 0.717) is 0 Å². The number of nitrogens with zero attached hydrogens (tertiary/aromatic N) is 1. The fraction of sp³-hybridized carbons (Fsp3) is 0.480. The molecular weight excluding hydrogens is 554 g/mol. The highest BCUT2D eigenvalue weighted by Crippen LogP contribution is 2.32. The normalized spacial score (nSPS) is 27.5. The third-order valence-electron chi connectivity index (χ3n) is 5.52. The quantitative estimate of drug-likeness (QED) is 0.164. The molecule has 0 radical (unpaired) electrons. The number of ketones is 1. The number of ether oxygens (including phenoxy) is 7. The topological polar surface area (TPSA) is 206 Å². The molecule has 1 fully saturated rings. The van der Waals surface area contributed by atoms with Crippen LogP contribution in [0.3, 0.4) is 0 Å². The van der Waals surface area contributed by atoms with Crippen LogP contribution in [0.15, 0.2) is 35.0 Å². The predicted octanol–water partition coefficient (Wildman–Crippen LogP) is 1.15. The number of esters is 4. The van der Waals surface area contributed by atoms with Gasteiger partial charge in [-0.15, -0.1) is 0 Å². The fourth-order valence-electron chi connectivity index (χ4n) is 3.98. The fourth-order valence-corrected chi connectivity index (χ4v) is 3.98. The molecular formula is C25H27NO15. The van der Waals surface area contributed by atoms with Crippen LogP contribution in [0.25, 0.3) is 6.08 Å². The monoisotopic (exact) mass is 581 g/mol. The number of hydrogen-bond donors (Lipinski definition) is 0. The molecule has 7 atom stereocenters. The lowest BCUT2D eigenvalue weighted by molar-refractivity contribution is -0.402. The molecule has 2 aliphatic heterocycles. The van der Waals surface area contributed by atoms with Gasteiger partial charge in [0.05, 0.1) is 12.3 Å². The van der Waals surface area contributed by atoms with E-state index in [-0.39, 0.29) is 5.76 Å². The van der Waals surface area contributed by atoms with Crippen molar-refractivity contribution >= 4 is 41.6 Å². The van der Waals surface area contributed by atoms with Crippen molar-refractivity contribution in [2.24, 2.45) is 0 Å². The van der Waals surface area contributed by atoms with Gasteiger partial charge in [0.2, 0.25) is 0 Å². The van der Waals surface area contributed by atoms with E-state index >= 15 is 0 Å². The van der Waals surface area contributed by atoms with Crippen molar-refractivity contribution < 1.29 is 66.5 Å². The molecule has 1 aromatic heterocycles. The molecule has 3 rings (SSSR count). The first kappa shape index (κ1) is 31.0. The van der Waals surface area contributed by atoms with E-state index in [4.69, 9.17) is 37.6 Å². The Morgan fingerprint density at radius 1 is 0.951 bits per heavy atom. The Morgan fingerprint density at radius 2 is 1.59 bits per heavy atom. The van der Waals surface area contributed by atoms with Gasteiger partial charge in [0.15, 0.2) is 42.6 Å². The molecule has 0 amide bonds. The zero-order valence-electron chi connectivity index (χ0n) is 22.3. The van der Waals surface area contributed by atoms with E-state index in [1.165, 1.54) is 18.2 Å². The highest BCUT2D eigenvalue weighted by molar-refractivity contribution is 5.94. The lowest BCUT2D eigenvalue weighted by Crippen LogP contribution is -2.64. The van der Waals surface area contributed by atoms with Crippen molar-refractivity contribution in [1.29, 1.82) is 0 Å². The number of rotatable bonds is 10. The molecule has 0 aliphatic carbocycles. The van der Waals surface area contributed by atoms with Gasteiger partial charge in [-0.2, -0.15) is 0 Å². The zero-order chi connectivity index (χ0) is 30.3. The van der Waals surface area contributed by atoms with Crippen LogP contribution in [0.4, 0.5) is 5.88 Å². The summed E-state index contributed by atoms with van der Waals surface area (Å²) < 4.78 is 43.3.